The molecule has 0 aliphatic carbocycles. The predicted molar refractivity (Wildman–Crippen MR) is 91.0 cm³/mol. The average molecular weight is 313 g/mol. The summed E-state index contributed by atoms with van der Waals surface area (Å²) < 4.78 is 0. The molecule has 0 bridgehead atoms. The van der Waals surface area contributed by atoms with Crippen molar-refractivity contribution in [3.05, 3.63) is 59.1 Å². The Morgan fingerprint density at radius 3 is 2.39 bits per heavy atom. The summed E-state index contributed by atoms with van der Waals surface area (Å²) in [5.74, 6) is -0.117. The molecule has 0 spiro atoms. The fourth-order valence-corrected chi connectivity index (χ4v) is 2.58. The number of hydrogen-bond acceptors (Lipinski definition) is 3. The van der Waals surface area contributed by atoms with Crippen molar-refractivity contribution in [3.8, 4) is 0 Å². The summed E-state index contributed by atoms with van der Waals surface area (Å²) in [7, 11) is 5.29. The van der Waals surface area contributed by atoms with Gasteiger partial charge < -0.3 is 15.1 Å². The smallest absolute Gasteiger partial charge is 0.255 e. The van der Waals surface area contributed by atoms with E-state index in [2.05, 4.69) is 11.9 Å². The second-order valence-electron chi connectivity index (χ2n) is 5.75. The van der Waals surface area contributed by atoms with E-state index in [0.29, 0.717) is 24.0 Å². The van der Waals surface area contributed by atoms with Gasteiger partial charge in [-0.3, -0.25) is 9.59 Å². The lowest BCUT2D eigenvalue weighted by Crippen LogP contribution is -2.22. The van der Waals surface area contributed by atoms with Gasteiger partial charge in [0.05, 0.1) is 0 Å². The van der Waals surface area contributed by atoms with E-state index in [1.807, 2.05) is 38.3 Å². The maximum absolute atomic E-state index is 12.3. The van der Waals surface area contributed by atoms with Gasteiger partial charge in [0, 0.05) is 62.2 Å². The highest BCUT2D eigenvalue weighted by molar-refractivity contribution is 6.03. The van der Waals surface area contributed by atoms with E-state index in [4.69, 9.17) is 0 Å². The summed E-state index contributed by atoms with van der Waals surface area (Å²) in [5.41, 5.74) is 3.95. The van der Waals surface area contributed by atoms with Gasteiger partial charge in [-0.1, -0.05) is 24.8 Å². The molecular weight excluding hydrogens is 290 g/mol. The lowest BCUT2D eigenvalue weighted by atomic mass is 10.1. The summed E-state index contributed by atoms with van der Waals surface area (Å²) >= 11 is 0. The van der Waals surface area contributed by atoms with Crippen molar-refractivity contribution in [1.82, 2.24) is 15.1 Å². The monoisotopic (exact) mass is 313 g/mol. The zero-order valence-corrected chi connectivity index (χ0v) is 14.1. The Kier molecular flexibility index (Phi) is 4.89. The zero-order chi connectivity index (χ0) is 17.1. The first-order valence-corrected chi connectivity index (χ1v) is 7.54. The molecule has 0 unspecified atom stereocenters. The molecule has 2 fully saturated rings. The van der Waals surface area contributed by atoms with E-state index in [1.54, 1.807) is 23.9 Å². The van der Waals surface area contributed by atoms with Gasteiger partial charge in [-0.2, -0.15) is 0 Å². The van der Waals surface area contributed by atoms with Crippen LogP contribution >= 0.6 is 0 Å². The standard InChI is InChI=1S/C18H23N3O2/c1-12(19-3)8-6-7-9-14-11-16(21(5)17(14)22)15-10-13(2)20(4)18(15)23/h6-9,19H,2,10-11H2,1,3-5H3/b7-6+,12-8-,14-9+,16-15-. The quantitative estimate of drug-likeness (QED) is 0.641. The number of allylic oxidation sites excluding steroid dienone is 7. The van der Waals surface area contributed by atoms with Crippen molar-refractivity contribution in [3.63, 3.8) is 0 Å². The molecule has 2 aliphatic rings. The van der Waals surface area contributed by atoms with Crippen LogP contribution in [0.15, 0.2) is 59.1 Å². The highest BCUT2D eigenvalue weighted by Gasteiger charge is 2.36. The second kappa shape index (κ2) is 6.69. The molecule has 2 aliphatic heterocycles. The Hall–Kier alpha value is -2.56. The van der Waals surface area contributed by atoms with Crippen molar-refractivity contribution in [2.24, 2.45) is 0 Å². The van der Waals surface area contributed by atoms with Gasteiger partial charge in [0.2, 0.25) is 0 Å². The lowest BCUT2D eigenvalue weighted by Gasteiger charge is -2.12. The number of likely N-dealkylation sites (tertiary alicyclic amines) is 2. The normalized spacial score (nSPS) is 24.8. The third-order valence-corrected chi connectivity index (χ3v) is 4.26. The van der Waals surface area contributed by atoms with Crippen molar-refractivity contribution in [1.29, 1.82) is 0 Å². The fourth-order valence-electron chi connectivity index (χ4n) is 2.58. The highest BCUT2D eigenvalue weighted by Crippen LogP contribution is 2.35. The minimum absolute atomic E-state index is 0.0561. The molecule has 2 rings (SSSR count). The second-order valence-corrected chi connectivity index (χ2v) is 5.75. The van der Waals surface area contributed by atoms with Crippen LogP contribution in [0, 0.1) is 0 Å². The highest BCUT2D eigenvalue weighted by atomic mass is 16.2. The van der Waals surface area contributed by atoms with Crippen LogP contribution < -0.4 is 5.32 Å². The van der Waals surface area contributed by atoms with Crippen molar-refractivity contribution < 1.29 is 9.59 Å². The van der Waals surface area contributed by atoms with Crippen molar-refractivity contribution >= 4 is 11.8 Å². The first kappa shape index (κ1) is 16.8. The maximum atomic E-state index is 12.3. The summed E-state index contributed by atoms with van der Waals surface area (Å²) in [6.45, 7) is 5.85. The summed E-state index contributed by atoms with van der Waals surface area (Å²) in [6.07, 6.45) is 8.46. The maximum Gasteiger partial charge on any atom is 0.255 e. The molecular formula is C18H23N3O2. The number of carbonyl (C=O) groups excluding carboxylic acids is 2. The van der Waals surface area contributed by atoms with E-state index < -0.39 is 0 Å². The van der Waals surface area contributed by atoms with Gasteiger partial charge in [0.15, 0.2) is 0 Å². The third-order valence-electron chi connectivity index (χ3n) is 4.26. The van der Waals surface area contributed by atoms with Gasteiger partial charge in [0.25, 0.3) is 11.8 Å². The summed E-state index contributed by atoms with van der Waals surface area (Å²) in [5, 5.41) is 3.02. The molecule has 0 aromatic rings. The van der Waals surface area contributed by atoms with Gasteiger partial charge in [-0.05, 0) is 13.0 Å². The van der Waals surface area contributed by atoms with E-state index in [-0.39, 0.29) is 11.8 Å². The van der Waals surface area contributed by atoms with Gasteiger partial charge >= 0.3 is 0 Å². The minimum atomic E-state index is -0.0611. The van der Waals surface area contributed by atoms with Crippen LogP contribution in [-0.4, -0.2) is 42.8 Å². The van der Waals surface area contributed by atoms with Gasteiger partial charge in [-0.25, -0.2) is 0 Å². The fraction of sp³-hybridized carbons (Fsp3) is 0.333. The topological polar surface area (TPSA) is 52.7 Å². The van der Waals surface area contributed by atoms with Gasteiger partial charge in [-0.15, -0.1) is 0 Å². The molecule has 2 amide bonds. The van der Waals surface area contributed by atoms with Crippen molar-refractivity contribution in [2.45, 2.75) is 19.8 Å². The largest absolute Gasteiger partial charge is 0.392 e. The number of nitrogens with one attached hydrogen (secondary N) is 1. The lowest BCUT2D eigenvalue weighted by molar-refractivity contribution is -0.123. The summed E-state index contributed by atoms with van der Waals surface area (Å²) in [6, 6.07) is 0. The number of likely N-dealkylation sites (N-methyl/N-ethyl adjacent to an activating group) is 2. The van der Waals surface area contributed by atoms with Crippen LogP contribution in [0.4, 0.5) is 0 Å². The Balaban J connectivity index is 2.24. The zero-order valence-electron chi connectivity index (χ0n) is 14.1. The molecule has 0 saturated carbocycles. The Morgan fingerprint density at radius 1 is 1.13 bits per heavy atom. The van der Waals surface area contributed by atoms with E-state index in [0.717, 1.165) is 17.1 Å². The summed E-state index contributed by atoms with van der Waals surface area (Å²) in [4.78, 5) is 27.7. The Bertz CT molecular complexity index is 680. The van der Waals surface area contributed by atoms with Crippen LogP contribution in [0.5, 0.6) is 0 Å². The minimum Gasteiger partial charge on any atom is -0.392 e. The first-order chi connectivity index (χ1) is 10.9. The molecule has 0 aromatic carbocycles. The first-order valence-electron chi connectivity index (χ1n) is 7.54. The van der Waals surface area contributed by atoms with Crippen molar-refractivity contribution in [2.75, 3.05) is 21.1 Å². The van der Waals surface area contributed by atoms with Crippen LogP contribution in [0.1, 0.15) is 19.8 Å². The molecule has 0 radical (unpaired) electrons. The molecule has 23 heavy (non-hydrogen) atoms. The van der Waals surface area contributed by atoms with Crippen LogP contribution in [0.3, 0.4) is 0 Å². The van der Waals surface area contributed by atoms with E-state index in [1.165, 1.54) is 0 Å². The SMILES string of the molecule is C=C1C/C(=C2\C\C(=C/C=C/C=C(/C)NC)C(=O)N2C)C(=O)N1C. The average Bonchev–Trinajstić information content (AvgIpc) is 2.96. The number of nitrogens with zero attached hydrogens (tertiary/aromatic N) is 2. The van der Waals surface area contributed by atoms with Crippen LogP contribution in [0.2, 0.25) is 0 Å². The van der Waals surface area contributed by atoms with E-state index >= 15 is 0 Å². The molecule has 5 nitrogen and oxygen atoms in total. The number of carbonyl (C=O) groups is 2. The number of amides is 2. The molecule has 5 heteroatoms. The molecule has 2 saturated heterocycles. The molecule has 0 atom stereocenters. The van der Waals surface area contributed by atoms with Crippen LogP contribution in [0.25, 0.3) is 0 Å². The van der Waals surface area contributed by atoms with Gasteiger partial charge in [0.1, 0.15) is 0 Å². The predicted octanol–water partition coefficient (Wildman–Crippen LogP) is 2.08. The third kappa shape index (κ3) is 3.28. The van der Waals surface area contributed by atoms with E-state index in [9.17, 15) is 9.59 Å². The molecule has 2 heterocycles. The Morgan fingerprint density at radius 2 is 1.83 bits per heavy atom. The number of hydrogen-bond donors (Lipinski definition) is 1. The molecule has 122 valence electrons. The molecule has 1 N–H and O–H groups in total. The van der Waals surface area contributed by atoms with Crippen LogP contribution in [-0.2, 0) is 9.59 Å². The Labute approximate surface area is 137 Å². The number of rotatable bonds is 3. The molecule has 0 aromatic heterocycles.